The van der Waals surface area contributed by atoms with E-state index in [9.17, 15) is 4.79 Å². The summed E-state index contributed by atoms with van der Waals surface area (Å²) in [6.45, 7) is 8.32. The van der Waals surface area contributed by atoms with Crippen LogP contribution in [0.5, 0.6) is 0 Å². The van der Waals surface area contributed by atoms with Crippen molar-refractivity contribution >= 4 is 18.3 Å². The van der Waals surface area contributed by atoms with E-state index in [1.165, 1.54) is 19.3 Å². The average molecular weight is 277 g/mol. The number of amides is 1. The van der Waals surface area contributed by atoms with Gasteiger partial charge in [-0.1, -0.05) is 20.8 Å². The maximum Gasteiger partial charge on any atom is 0.220 e. The summed E-state index contributed by atoms with van der Waals surface area (Å²) < 4.78 is 0. The van der Waals surface area contributed by atoms with Crippen LogP contribution >= 0.6 is 12.4 Å². The number of nitrogens with two attached hydrogens (primary N) is 1. The monoisotopic (exact) mass is 276 g/mol. The molecule has 0 aromatic carbocycles. The molecule has 2 unspecified atom stereocenters. The third kappa shape index (κ3) is 6.60. The Balaban J connectivity index is 0.00000289. The van der Waals surface area contributed by atoms with Crippen molar-refractivity contribution in [2.24, 2.45) is 23.0 Å². The van der Waals surface area contributed by atoms with Gasteiger partial charge in [-0.2, -0.15) is 0 Å². The highest BCUT2D eigenvalue weighted by Crippen LogP contribution is 2.42. The predicted octanol–water partition coefficient (Wildman–Crippen LogP) is 2.73. The van der Waals surface area contributed by atoms with Crippen LogP contribution in [0.15, 0.2) is 0 Å². The Bertz CT molecular complexity index is 256. The normalized spacial score (nSPS) is 26.2. The van der Waals surface area contributed by atoms with Crippen LogP contribution in [0.25, 0.3) is 0 Å². The summed E-state index contributed by atoms with van der Waals surface area (Å²) in [6.07, 6.45) is 5.24. The second-order valence-electron chi connectivity index (χ2n) is 6.48. The molecule has 4 heteroatoms. The van der Waals surface area contributed by atoms with Crippen LogP contribution < -0.4 is 11.1 Å². The van der Waals surface area contributed by atoms with E-state index in [1.54, 1.807) is 0 Å². The summed E-state index contributed by atoms with van der Waals surface area (Å²) in [5.74, 6) is 1.51. The number of halogens is 1. The SMILES string of the molecule is CC1CC(CC(=O)NCCCN)CC(C)(C)C1.Cl. The van der Waals surface area contributed by atoms with Crippen LogP contribution in [0.4, 0.5) is 0 Å². The molecule has 1 aliphatic rings. The lowest BCUT2D eigenvalue weighted by Crippen LogP contribution is -2.33. The number of carbonyl (C=O) groups is 1. The molecule has 0 bridgehead atoms. The summed E-state index contributed by atoms with van der Waals surface area (Å²) in [5, 5.41) is 2.95. The minimum absolute atomic E-state index is 0. The van der Waals surface area contributed by atoms with Gasteiger partial charge in [0.2, 0.25) is 5.91 Å². The number of hydrogen-bond acceptors (Lipinski definition) is 2. The molecule has 3 nitrogen and oxygen atoms in total. The first kappa shape index (κ1) is 17.7. The molecule has 0 radical (unpaired) electrons. The quantitative estimate of drug-likeness (QED) is 0.759. The van der Waals surface area contributed by atoms with Crippen molar-refractivity contribution in [3.05, 3.63) is 0 Å². The van der Waals surface area contributed by atoms with Crippen molar-refractivity contribution < 1.29 is 4.79 Å². The Morgan fingerprint density at radius 3 is 2.61 bits per heavy atom. The minimum Gasteiger partial charge on any atom is -0.356 e. The third-order valence-electron chi connectivity index (χ3n) is 3.66. The Hall–Kier alpha value is -0.280. The van der Waals surface area contributed by atoms with Gasteiger partial charge >= 0.3 is 0 Å². The van der Waals surface area contributed by atoms with Crippen LogP contribution in [0.3, 0.4) is 0 Å². The molecule has 0 saturated heterocycles. The summed E-state index contributed by atoms with van der Waals surface area (Å²) in [5.41, 5.74) is 5.80. The lowest BCUT2D eigenvalue weighted by atomic mass is 9.67. The van der Waals surface area contributed by atoms with Crippen LogP contribution in [0, 0.1) is 17.3 Å². The standard InChI is InChI=1S/C14H28N2O.ClH/c1-11-7-12(10-14(2,3)9-11)8-13(17)16-6-4-5-15;/h11-12H,4-10,15H2,1-3H3,(H,16,17);1H. The molecule has 0 aliphatic heterocycles. The van der Waals surface area contributed by atoms with Gasteiger partial charge in [-0.3, -0.25) is 4.79 Å². The van der Waals surface area contributed by atoms with Crippen LogP contribution in [-0.4, -0.2) is 19.0 Å². The van der Waals surface area contributed by atoms with Crippen molar-refractivity contribution in [2.45, 2.75) is 52.9 Å². The zero-order valence-corrected chi connectivity index (χ0v) is 12.8. The summed E-state index contributed by atoms with van der Waals surface area (Å²) in [6, 6.07) is 0. The van der Waals surface area contributed by atoms with E-state index in [-0.39, 0.29) is 18.3 Å². The maximum atomic E-state index is 11.8. The van der Waals surface area contributed by atoms with Crippen LogP contribution in [0.2, 0.25) is 0 Å². The fourth-order valence-electron chi connectivity index (χ4n) is 3.36. The number of carbonyl (C=O) groups excluding carboxylic acids is 1. The molecule has 1 aliphatic carbocycles. The van der Waals surface area contributed by atoms with E-state index in [4.69, 9.17) is 5.73 Å². The van der Waals surface area contributed by atoms with Gasteiger partial charge in [0.05, 0.1) is 0 Å². The first-order valence-electron chi connectivity index (χ1n) is 6.90. The molecule has 1 rings (SSSR count). The van der Waals surface area contributed by atoms with Crippen molar-refractivity contribution in [1.29, 1.82) is 0 Å². The highest BCUT2D eigenvalue weighted by Gasteiger charge is 2.32. The molecule has 3 N–H and O–H groups in total. The third-order valence-corrected chi connectivity index (χ3v) is 3.66. The summed E-state index contributed by atoms with van der Waals surface area (Å²) in [4.78, 5) is 11.8. The van der Waals surface area contributed by atoms with Gasteiger partial charge in [0.25, 0.3) is 0 Å². The van der Waals surface area contributed by atoms with Crippen molar-refractivity contribution in [3.63, 3.8) is 0 Å². The lowest BCUT2D eigenvalue weighted by molar-refractivity contribution is -0.122. The van der Waals surface area contributed by atoms with Gasteiger partial charge in [-0.25, -0.2) is 0 Å². The van der Waals surface area contributed by atoms with E-state index in [0.29, 0.717) is 24.3 Å². The molecule has 1 saturated carbocycles. The average Bonchev–Trinajstić information content (AvgIpc) is 2.14. The highest BCUT2D eigenvalue weighted by atomic mass is 35.5. The summed E-state index contributed by atoms with van der Waals surface area (Å²) >= 11 is 0. The molecular weight excluding hydrogens is 248 g/mol. The Kier molecular flexibility index (Phi) is 7.88. The van der Waals surface area contributed by atoms with Gasteiger partial charge < -0.3 is 11.1 Å². The number of rotatable bonds is 5. The predicted molar refractivity (Wildman–Crippen MR) is 78.8 cm³/mol. The molecular formula is C14H29ClN2O. The van der Waals surface area contributed by atoms with Gasteiger partial charge in [0.15, 0.2) is 0 Å². The van der Waals surface area contributed by atoms with Gasteiger partial charge in [0.1, 0.15) is 0 Å². The number of hydrogen-bond donors (Lipinski definition) is 2. The van der Waals surface area contributed by atoms with E-state index < -0.39 is 0 Å². The van der Waals surface area contributed by atoms with Gasteiger partial charge in [0, 0.05) is 13.0 Å². The zero-order chi connectivity index (χ0) is 12.9. The second-order valence-corrected chi connectivity index (χ2v) is 6.48. The second kappa shape index (κ2) is 8.00. The Morgan fingerprint density at radius 1 is 1.39 bits per heavy atom. The molecule has 108 valence electrons. The van der Waals surface area contributed by atoms with E-state index in [1.807, 2.05) is 0 Å². The molecule has 2 atom stereocenters. The van der Waals surface area contributed by atoms with E-state index >= 15 is 0 Å². The largest absolute Gasteiger partial charge is 0.356 e. The summed E-state index contributed by atoms with van der Waals surface area (Å²) in [7, 11) is 0. The minimum atomic E-state index is 0. The fourth-order valence-corrected chi connectivity index (χ4v) is 3.36. The van der Waals surface area contributed by atoms with Crippen molar-refractivity contribution in [3.8, 4) is 0 Å². The maximum absolute atomic E-state index is 11.8. The van der Waals surface area contributed by atoms with Gasteiger partial charge in [-0.15, -0.1) is 12.4 Å². The van der Waals surface area contributed by atoms with Crippen molar-refractivity contribution in [2.75, 3.05) is 13.1 Å². The lowest BCUT2D eigenvalue weighted by Gasteiger charge is -2.38. The van der Waals surface area contributed by atoms with Crippen LogP contribution in [0.1, 0.15) is 52.9 Å². The number of nitrogens with one attached hydrogen (secondary N) is 1. The molecule has 1 amide bonds. The molecule has 18 heavy (non-hydrogen) atoms. The molecule has 0 aromatic rings. The molecule has 0 heterocycles. The first-order chi connectivity index (χ1) is 7.93. The van der Waals surface area contributed by atoms with E-state index in [2.05, 4.69) is 26.1 Å². The highest BCUT2D eigenvalue weighted by molar-refractivity contribution is 5.85. The fraction of sp³-hybridized carbons (Fsp3) is 0.929. The van der Waals surface area contributed by atoms with Crippen molar-refractivity contribution in [1.82, 2.24) is 5.32 Å². The Morgan fingerprint density at radius 2 is 2.06 bits per heavy atom. The zero-order valence-electron chi connectivity index (χ0n) is 12.0. The van der Waals surface area contributed by atoms with Gasteiger partial charge in [-0.05, 0) is 49.5 Å². The Labute approximate surface area is 118 Å². The smallest absolute Gasteiger partial charge is 0.220 e. The van der Waals surface area contributed by atoms with E-state index in [0.717, 1.165) is 18.9 Å². The van der Waals surface area contributed by atoms with Crippen LogP contribution in [-0.2, 0) is 4.79 Å². The topological polar surface area (TPSA) is 55.1 Å². The molecule has 0 spiro atoms. The molecule has 1 fully saturated rings. The molecule has 0 aromatic heterocycles. The first-order valence-corrected chi connectivity index (χ1v) is 6.90.